The van der Waals surface area contributed by atoms with Crippen LogP contribution >= 0.6 is 0 Å². The van der Waals surface area contributed by atoms with Crippen LogP contribution in [0.25, 0.3) is 0 Å². The van der Waals surface area contributed by atoms with Crippen molar-refractivity contribution in [1.29, 1.82) is 5.26 Å². The first-order valence-electron chi connectivity index (χ1n) is 5.89. The first-order valence-corrected chi connectivity index (χ1v) is 5.89. The number of phenols is 2. The number of nitriles is 1. The quantitative estimate of drug-likeness (QED) is 0.792. The van der Waals surface area contributed by atoms with Crippen LogP contribution in [0, 0.1) is 11.3 Å². The van der Waals surface area contributed by atoms with Gasteiger partial charge < -0.3 is 15.5 Å². The minimum Gasteiger partial charge on any atom is -0.508 e. The van der Waals surface area contributed by atoms with Crippen LogP contribution in [0.4, 0.5) is 0 Å². The van der Waals surface area contributed by atoms with Gasteiger partial charge in [0.25, 0.3) is 5.91 Å². The molecule has 1 amide bonds. The van der Waals surface area contributed by atoms with Gasteiger partial charge in [0.05, 0.1) is 11.6 Å². The molecule has 100 valence electrons. The van der Waals surface area contributed by atoms with E-state index < -0.39 is 5.91 Å². The molecule has 0 bridgehead atoms. The Morgan fingerprint density at radius 2 is 1.70 bits per heavy atom. The number of amides is 1. The summed E-state index contributed by atoms with van der Waals surface area (Å²) in [6, 6.07) is 12.5. The summed E-state index contributed by atoms with van der Waals surface area (Å²) < 4.78 is 0. The molecular weight excluding hydrogens is 256 g/mol. The van der Waals surface area contributed by atoms with Crippen molar-refractivity contribution in [2.45, 2.75) is 6.54 Å². The third-order valence-electron chi connectivity index (χ3n) is 2.70. The molecule has 2 rings (SSSR count). The highest BCUT2D eigenvalue weighted by Gasteiger charge is 2.08. The van der Waals surface area contributed by atoms with E-state index in [4.69, 9.17) is 5.26 Å². The Morgan fingerprint density at radius 1 is 1.10 bits per heavy atom. The Morgan fingerprint density at radius 3 is 2.25 bits per heavy atom. The SMILES string of the molecule is N#Cc1ccc(CNC(=O)c2cc(O)cc(O)c2)cc1. The number of phenolic OH excluding ortho intramolecular Hbond substituents is 2. The Hall–Kier alpha value is -3.00. The van der Waals surface area contributed by atoms with Crippen LogP contribution in [0.3, 0.4) is 0 Å². The highest BCUT2D eigenvalue weighted by atomic mass is 16.3. The Kier molecular flexibility index (Phi) is 3.87. The summed E-state index contributed by atoms with van der Waals surface area (Å²) in [5.41, 5.74) is 1.58. The first-order chi connectivity index (χ1) is 9.58. The molecule has 0 saturated carbocycles. The molecule has 2 aromatic carbocycles. The molecule has 2 aromatic rings. The lowest BCUT2D eigenvalue weighted by atomic mass is 10.1. The second kappa shape index (κ2) is 5.76. The molecule has 0 aromatic heterocycles. The van der Waals surface area contributed by atoms with Crippen molar-refractivity contribution in [3.8, 4) is 17.6 Å². The number of aromatic hydroxyl groups is 2. The fourth-order valence-corrected chi connectivity index (χ4v) is 1.71. The summed E-state index contributed by atoms with van der Waals surface area (Å²) in [4.78, 5) is 11.9. The highest BCUT2D eigenvalue weighted by Crippen LogP contribution is 2.20. The molecule has 0 aliphatic carbocycles. The van der Waals surface area contributed by atoms with E-state index in [-0.39, 0.29) is 17.1 Å². The lowest BCUT2D eigenvalue weighted by molar-refractivity contribution is 0.0950. The van der Waals surface area contributed by atoms with Gasteiger partial charge in [-0.1, -0.05) is 12.1 Å². The van der Waals surface area contributed by atoms with Crippen molar-refractivity contribution in [1.82, 2.24) is 5.32 Å². The van der Waals surface area contributed by atoms with Gasteiger partial charge in [0, 0.05) is 18.2 Å². The predicted octanol–water partition coefficient (Wildman–Crippen LogP) is 1.90. The summed E-state index contributed by atoms with van der Waals surface area (Å²) in [7, 11) is 0. The molecule has 0 spiro atoms. The zero-order valence-electron chi connectivity index (χ0n) is 10.5. The van der Waals surface area contributed by atoms with Crippen LogP contribution in [0.15, 0.2) is 42.5 Å². The van der Waals surface area contributed by atoms with E-state index >= 15 is 0 Å². The van der Waals surface area contributed by atoms with Crippen molar-refractivity contribution < 1.29 is 15.0 Å². The molecule has 0 unspecified atom stereocenters. The van der Waals surface area contributed by atoms with Crippen molar-refractivity contribution in [2.75, 3.05) is 0 Å². The van der Waals surface area contributed by atoms with E-state index in [2.05, 4.69) is 5.32 Å². The number of rotatable bonds is 3. The van der Waals surface area contributed by atoms with Crippen LogP contribution < -0.4 is 5.32 Å². The van der Waals surface area contributed by atoms with Gasteiger partial charge >= 0.3 is 0 Å². The van der Waals surface area contributed by atoms with Gasteiger partial charge in [-0.15, -0.1) is 0 Å². The van der Waals surface area contributed by atoms with Gasteiger partial charge in [-0.2, -0.15) is 5.26 Å². The van der Waals surface area contributed by atoms with Gasteiger partial charge in [-0.25, -0.2) is 0 Å². The molecule has 20 heavy (non-hydrogen) atoms. The summed E-state index contributed by atoms with van der Waals surface area (Å²) in [6.07, 6.45) is 0. The summed E-state index contributed by atoms with van der Waals surface area (Å²) in [5.74, 6) is -0.748. The maximum Gasteiger partial charge on any atom is 0.251 e. The van der Waals surface area contributed by atoms with Gasteiger partial charge in [-0.05, 0) is 29.8 Å². The van der Waals surface area contributed by atoms with Gasteiger partial charge in [0.1, 0.15) is 11.5 Å². The Balaban J connectivity index is 2.02. The van der Waals surface area contributed by atoms with Crippen LogP contribution in [-0.2, 0) is 6.54 Å². The zero-order valence-corrected chi connectivity index (χ0v) is 10.5. The number of benzene rings is 2. The number of hydrogen-bond acceptors (Lipinski definition) is 4. The number of hydrogen-bond donors (Lipinski definition) is 3. The molecule has 3 N–H and O–H groups in total. The molecule has 0 aliphatic rings. The highest BCUT2D eigenvalue weighted by molar-refractivity contribution is 5.95. The molecule has 5 heteroatoms. The van der Waals surface area contributed by atoms with E-state index in [1.54, 1.807) is 24.3 Å². The Labute approximate surface area is 115 Å². The molecular formula is C15H12N2O3. The van der Waals surface area contributed by atoms with Crippen molar-refractivity contribution in [3.05, 3.63) is 59.2 Å². The lowest BCUT2D eigenvalue weighted by Crippen LogP contribution is -2.22. The molecule has 0 radical (unpaired) electrons. The minimum atomic E-state index is -0.402. The number of nitrogens with one attached hydrogen (secondary N) is 1. The second-order valence-corrected chi connectivity index (χ2v) is 4.23. The molecule has 0 aliphatic heterocycles. The van der Waals surface area contributed by atoms with E-state index in [9.17, 15) is 15.0 Å². The van der Waals surface area contributed by atoms with Gasteiger partial charge in [0.15, 0.2) is 0 Å². The van der Waals surface area contributed by atoms with Crippen LogP contribution in [0.1, 0.15) is 21.5 Å². The van der Waals surface area contributed by atoms with Crippen molar-refractivity contribution in [3.63, 3.8) is 0 Å². The van der Waals surface area contributed by atoms with E-state index in [0.717, 1.165) is 11.6 Å². The normalized spacial score (nSPS) is 9.75. The van der Waals surface area contributed by atoms with Crippen LogP contribution in [0.5, 0.6) is 11.5 Å². The summed E-state index contributed by atoms with van der Waals surface area (Å²) in [6.45, 7) is 0.293. The molecule has 0 heterocycles. The molecule has 0 saturated heterocycles. The maximum absolute atomic E-state index is 11.9. The smallest absolute Gasteiger partial charge is 0.251 e. The average molecular weight is 268 g/mol. The third kappa shape index (κ3) is 3.27. The number of carbonyl (C=O) groups is 1. The topological polar surface area (TPSA) is 93.4 Å². The predicted molar refractivity (Wildman–Crippen MR) is 72.1 cm³/mol. The lowest BCUT2D eigenvalue weighted by Gasteiger charge is -2.06. The fourth-order valence-electron chi connectivity index (χ4n) is 1.71. The summed E-state index contributed by atoms with van der Waals surface area (Å²) >= 11 is 0. The monoisotopic (exact) mass is 268 g/mol. The number of carbonyl (C=O) groups excluding carboxylic acids is 1. The fraction of sp³-hybridized carbons (Fsp3) is 0.0667. The van der Waals surface area contributed by atoms with Crippen molar-refractivity contribution in [2.24, 2.45) is 0 Å². The second-order valence-electron chi connectivity index (χ2n) is 4.23. The largest absolute Gasteiger partial charge is 0.508 e. The average Bonchev–Trinajstić information content (AvgIpc) is 2.44. The van der Waals surface area contributed by atoms with E-state index in [1.807, 2.05) is 6.07 Å². The van der Waals surface area contributed by atoms with E-state index in [0.29, 0.717) is 12.1 Å². The molecule has 0 atom stereocenters. The number of nitrogens with zero attached hydrogens (tertiary/aromatic N) is 1. The summed E-state index contributed by atoms with van der Waals surface area (Å²) in [5, 5.41) is 30.0. The molecule has 0 fully saturated rings. The Bertz CT molecular complexity index is 652. The van der Waals surface area contributed by atoms with Crippen LogP contribution in [-0.4, -0.2) is 16.1 Å². The minimum absolute atomic E-state index is 0.173. The van der Waals surface area contributed by atoms with E-state index in [1.165, 1.54) is 12.1 Å². The van der Waals surface area contributed by atoms with Gasteiger partial charge in [0.2, 0.25) is 0 Å². The maximum atomic E-state index is 11.9. The van der Waals surface area contributed by atoms with Crippen LogP contribution in [0.2, 0.25) is 0 Å². The molecule has 5 nitrogen and oxygen atoms in total. The first kappa shape index (κ1) is 13.4. The van der Waals surface area contributed by atoms with Gasteiger partial charge in [-0.3, -0.25) is 4.79 Å². The third-order valence-corrected chi connectivity index (χ3v) is 2.70. The zero-order chi connectivity index (χ0) is 14.5. The van der Waals surface area contributed by atoms with Crippen molar-refractivity contribution >= 4 is 5.91 Å². The standard InChI is InChI=1S/C15H12N2O3/c16-8-10-1-3-11(4-2-10)9-17-15(20)12-5-13(18)7-14(19)6-12/h1-7,18-19H,9H2,(H,17,20).